The van der Waals surface area contributed by atoms with Crippen LogP contribution in [-0.4, -0.2) is 4.98 Å². The highest BCUT2D eigenvalue weighted by Crippen LogP contribution is 2.42. The number of rotatable bonds is 0. The van der Waals surface area contributed by atoms with E-state index in [1.807, 2.05) is 6.07 Å². The van der Waals surface area contributed by atoms with Crippen molar-refractivity contribution in [3.05, 3.63) is 53.7 Å². The molecule has 22 heavy (non-hydrogen) atoms. The van der Waals surface area contributed by atoms with Crippen LogP contribution in [0.5, 0.6) is 0 Å². The molecule has 0 radical (unpaired) electrons. The van der Waals surface area contributed by atoms with E-state index in [4.69, 9.17) is 4.42 Å². The minimum atomic E-state index is 0.0141. The van der Waals surface area contributed by atoms with Gasteiger partial charge in [-0.2, -0.15) is 0 Å². The van der Waals surface area contributed by atoms with Crippen LogP contribution in [0.2, 0.25) is 0 Å². The average Bonchev–Trinajstić information content (AvgIpc) is 2.85. The molecule has 2 heteroatoms. The topological polar surface area (TPSA) is 26.0 Å². The molecule has 0 aliphatic carbocycles. The second kappa shape index (κ2) is 4.33. The number of hydrogen-bond acceptors (Lipinski definition) is 2. The lowest BCUT2D eigenvalue weighted by molar-refractivity contribution is 0.567. The van der Waals surface area contributed by atoms with E-state index in [0.717, 1.165) is 16.7 Å². The maximum Gasteiger partial charge on any atom is 0.227 e. The predicted octanol–water partition coefficient (Wildman–Crippen LogP) is 5.74. The number of hydrogen-bond donors (Lipinski definition) is 0. The van der Waals surface area contributed by atoms with Crippen molar-refractivity contribution in [1.82, 2.24) is 4.98 Å². The van der Waals surface area contributed by atoms with Gasteiger partial charge < -0.3 is 4.42 Å². The van der Waals surface area contributed by atoms with Gasteiger partial charge in [-0.3, -0.25) is 0 Å². The average molecular weight is 289 g/mol. The first-order valence-corrected chi connectivity index (χ1v) is 7.67. The first-order chi connectivity index (χ1) is 10.5. The number of aryl methyl sites for hydroxylation is 1. The van der Waals surface area contributed by atoms with Crippen LogP contribution < -0.4 is 0 Å². The molecular weight excluding hydrogens is 270 g/mol. The molecule has 0 saturated heterocycles. The van der Waals surface area contributed by atoms with Gasteiger partial charge >= 0.3 is 0 Å². The van der Waals surface area contributed by atoms with Gasteiger partial charge in [-0.05, 0) is 40.8 Å². The predicted molar refractivity (Wildman–Crippen MR) is 92.5 cm³/mol. The normalized spacial score (nSPS) is 12.5. The summed E-state index contributed by atoms with van der Waals surface area (Å²) in [7, 11) is 0. The first kappa shape index (κ1) is 13.3. The number of pyridine rings is 1. The van der Waals surface area contributed by atoms with E-state index in [1.165, 1.54) is 27.3 Å². The molecule has 0 amide bonds. The number of furan rings is 1. The van der Waals surface area contributed by atoms with E-state index in [1.54, 1.807) is 6.20 Å². The van der Waals surface area contributed by atoms with Gasteiger partial charge in [0, 0.05) is 22.5 Å². The van der Waals surface area contributed by atoms with Crippen molar-refractivity contribution in [1.29, 1.82) is 0 Å². The zero-order chi connectivity index (χ0) is 15.5. The van der Waals surface area contributed by atoms with Crippen molar-refractivity contribution in [2.45, 2.75) is 33.1 Å². The molecule has 2 aromatic carbocycles. The van der Waals surface area contributed by atoms with Crippen molar-refractivity contribution < 1.29 is 4.42 Å². The Morgan fingerprint density at radius 2 is 1.59 bits per heavy atom. The molecule has 0 unspecified atom stereocenters. The summed E-state index contributed by atoms with van der Waals surface area (Å²) in [5.74, 6) is 0. The summed E-state index contributed by atoms with van der Waals surface area (Å²) in [5.41, 5.74) is 4.30. The van der Waals surface area contributed by atoms with Crippen molar-refractivity contribution in [2.24, 2.45) is 0 Å². The molecule has 4 aromatic rings. The summed E-state index contributed by atoms with van der Waals surface area (Å²) in [4.78, 5) is 4.41. The van der Waals surface area contributed by atoms with E-state index >= 15 is 0 Å². The van der Waals surface area contributed by atoms with Crippen molar-refractivity contribution in [3.63, 3.8) is 0 Å². The molecule has 0 aliphatic rings. The molecule has 2 heterocycles. The molecule has 0 atom stereocenters. The monoisotopic (exact) mass is 289 g/mol. The lowest BCUT2D eigenvalue weighted by Gasteiger charge is -2.23. The smallest absolute Gasteiger partial charge is 0.227 e. The fourth-order valence-corrected chi connectivity index (χ4v) is 3.61. The van der Waals surface area contributed by atoms with Crippen LogP contribution in [0.15, 0.2) is 47.0 Å². The Balaban J connectivity index is 2.39. The maximum atomic E-state index is 6.19. The van der Waals surface area contributed by atoms with Gasteiger partial charge in [-0.15, -0.1) is 0 Å². The molecule has 0 aliphatic heterocycles. The molecule has 4 rings (SSSR count). The minimum absolute atomic E-state index is 0.0141. The van der Waals surface area contributed by atoms with E-state index in [0.29, 0.717) is 0 Å². The SMILES string of the molecule is Cc1c(C(C)(C)C)c2oc3ncccc3c2c2ccccc12. The largest absolute Gasteiger partial charge is 0.437 e. The lowest BCUT2D eigenvalue weighted by Crippen LogP contribution is -2.13. The summed E-state index contributed by atoms with van der Waals surface area (Å²) in [6.07, 6.45) is 1.79. The fourth-order valence-electron chi connectivity index (χ4n) is 3.61. The molecule has 0 fully saturated rings. The molecule has 0 N–H and O–H groups in total. The lowest BCUT2D eigenvalue weighted by atomic mass is 9.80. The van der Waals surface area contributed by atoms with E-state index < -0.39 is 0 Å². The first-order valence-electron chi connectivity index (χ1n) is 7.67. The molecular formula is C20H19NO. The van der Waals surface area contributed by atoms with Gasteiger partial charge in [-0.1, -0.05) is 45.0 Å². The van der Waals surface area contributed by atoms with Crippen LogP contribution in [0.4, 0.5) is 0 Å². The van der Waals surface area contributed by atoms with Gasteiger partial charge in [0.25, 0.3) is 0 Å². The van der Waals surface area contributed by atoms with Crippen molar-refractivity contribution in [2.75, 3.05) is 0 Å². The zero-order valence-corrected chi connectivity index (χ0v) is 13.4. The fraction of sp³-hybridized carbons (Fsp3) is 0.250. The Morgan fingerprint density at radius 3 is 2.32 bits per heavy atom. The van der Waals surface area contributed by atoms with Crippen molar-refractivity contribution in [3.8, 4) is 0 Å². The maximum absolute atomic E-state index is 6.19. The van der Waals surface area contributed by atoms with Crippen LogP contribution in [-0.2, 0) is 5.41 Å². The molecule has 2 nitrogen and oxygen atoms in total. The van der Waals surface area contributed by atoms with Crippen molar-refractivity contribution >= 4 is 32.8 Å². The zero-order valence-electron chi connectivity index (χ0n) is 13.4. The van der Waals surface area contributed by atoms with Gasteiger partial charge in [0.15, 0.2) is 0 Å². The summed E-state index contributed by atoms with van der Waals surface area (Å²) in [6.45, 7) is 8.92. The Morgan fingerprint density at radius 1 is 0.909 bits per heavy atom. The number of nitrogens with zero attached hydrogens (tertiary/aromatic N) is 1. The number of benzene rings is 2. The van der Waals surface area contributed by atoms with Crippen LogP contribution in [0.3, 0.4) is 0 Å². The Labute approximate surface area is 129 Å². The molecule has 0 saturated carbocycles. The minimum Gasteiger partial charge on any atom is -0.437 e. The summed E-state index contributed by atoms with van der Waals surface area (Å²) in [5, 5.41) is 4.83. The number of fused-ring (bicyclic) bond motifs is 5. The van der Waals surface area contributed by atoms with E-state index in [2.05, 4.69) is 63.0 Å². The third-order valence-corrected chi connectivity index (χ3v) is 4.42. The Hall–Kier alpha value is -2.35. The number of aromatic nitrogens is 1. The van der Waals surface area contributed by atoms with Gasteiger partial charge in [0.2, 0.25) is 5.71 Å². The second-order valence-corrected chi connectivity index (χ2v) is 6.96. The van der Waals surface area contributed by atoms with Gasteiger partial charge in [0.1, 0.15) is 5.58 Å². The molecule has 0 spiro atoms. The summed E-state index contributed by atoms with van der Waals surface area (Å²) in [6, 6.07) is 12.7. The van der Waals surface area contributed by atoms with Crippen LogP contribution in [0, 0.1) is 6.92 Å². The van der Waals surface area contributed by atoms with Gasteiger partial charge in [-0.25, -0.2) is 4.98 Å². The summed E-state index contributed by atoms with van der Waals surface area (Å²) < 4.78 is 6.19. The Bertz CT molecular complexity index is 1020. The van der Waals surface area contributed by atoms with Crippen LogP contribution in [0.1, 0.15) is 31.9 Å². The molecule has 2 aromatic heterocycles. The second-order valence-electron chi connectivity index (χ2n) is 6.96. The highest BCUT2D eigenvalue weighted by molar-refractivity contribution is 6.20. The van der Waals surface area contributed by atoms with Crippen LogP contribution >= 0.6 is 0 Å². The third-order valence-electron chi connectivity index (χ3n) is 4.42. The van der Waals surface area contributed by atoms with E-state index in [9.17, 15) is 0 Å². The van der Waals surface area contributed by atoms with Gasteiger partial charge in [0.05, 0.1) is 0 Å². The third kappa shape index (κ3) is 1.70. The molecule has 0 bridgehead atoms. The highest BCUT2D eigenvalue weighted by atomic mass is 16.3. The molecule has 110 valence electrons. The van der Waals surface area contributed by atoms with E-state index in [-0.39, 0.29) is 5.41 Å². The highest BCUT2D eigenvalue weighted by Gasteiger charge is 2.25. The quantitative estimate of drug-likeness (QED) is 0.412. The van der Waals surface area contributed by atoms with Crippen LogP contribution in [0.25, 0.3) is 32.8 Å². The standard InChI is InChI=1S/C20H19NO/c1-12-13-8-5-6-9-14(13)16-15-10-7-11-21-19(15)22-18(16)17(12)20(2,3)4/h5-11H,1-4H3. The summed E-state index contributed by atoms with van der Waals surface area (Å²) >= 11 is 0. The Kier molecular flexibility index (Phi) is 2.62.